The largest absolute Gasteiger partial charge is 0.479 e. The molecule has 1 N–H and O–H groups in total. The molecule has 3 rings (SSSR count). The Morgan fingerprint density at radius 3 is 2.95 bits per heavy atom. The first-order valence-corrected chi connectivity index (χ1v) is 7.54. The van der Waals surface area contributed by atoms with E-state index in [0.717, 1.165) is 36.0 Å². The normalized spacial score (nSPS) is 21.9. The van der Waals surface area contributed by atoms with E-state index in [9.17, 15) is 9.90 Å². The van der Waals surface area contributed by atoms with Gasteiger partial charge < -0.3 is 10.0 Å². The molecule has 1 fully saturated rings. The van der Waals surface area contributed by atoms with Crippen LogP contribution in [-0.2, 0) is 4.79 Å². The lowest BCUT2D eigenvalue weighted by molar-refractivity contribution is -0.143. The van der Waals surface area contributed by atoms with E-state index in [0.29, 0.717) is 12.8 Å². The number of aromatic nitrogens is 1. The summed E-state index contributed by atoms with van der Waals surface area (Å²) in [6.07, 6.45) is 4.95. The number of para-hydroxylation sites is 1. The van der Waals surface area contributed by atoms with Crippen molar-refractivity contribution in [2.24, 2.45) is 0 Å². The number of benzene rings is 1. The first-order chi connectivity index (χ1) is 10.2. The number of carbonyl (C=O) groups is 1. The van der Waals surface area contributed by atoms with Gasteiger partial charge in [0.25, 0.3) is 0 Å². The fourth-order valence-corrected chi connectivity index (χ4v) is 3.55. The van der Waals surface area contributed by atoms with E-state index in [-0.39, 0.29) is 0 Å². The molecule has 4 nitrogen and oxygen atoms in total. The molecule has 1 aliphatic heterocycles. The lowest BCUT2D eigenvalue weighted by Crippen LogP contribution is -2.50. The number of carboxylic acid groups (broad SMARTS) is 1. The molecule has 1 atom stereocenters. The van der Waals surface area contributed by atoms with Crippen molar-refractivity contribution in [1.82, 2.24) is 4.98 Å². The number of aliphatic carboxylic acids is 1. The number of anilines is 1. The van der Waals surface area contributed by atoms with Crippen molar-refractivity contribution in [3.8, 4) is 0 Å². The van der Waals surface area contributed by atoms with Gasteiger partial charge >= 0.3 is 5.97 Å². The maximum atomic E-state index is 12.0. The molecule has 1 unspecified atom stereocenters. The summed E-state index contributed by atoms with van der Waals surface area (Å²) >= 11 is 0. The molecule has 110 valence electrons. The van der Waals surface area contributed by atoms with E-state index in [1.54, 1.807) is 6.20 Å². The van der Waals surface area contributed by atoms with Gasteiger partial charge in [-0.2, -0.15) is 0 Å². The van der Waals surface area contributed by atoms with Crippen molar-refractivity contribution >= 4 is 22.6 Å². The Kier molecular flexibility index (Phi) is 3.53. The van der Waals surface area contributed by atoms with Gasteiger partial charge in [-0.15, -0.1) is 0 Å². The standard InChI is InChI=1S/C17H20N2O2/c1-2-9-17(16(20)21)10-5-12-19(17)15-8-11-18-14-7-4-3-6-13(14)15/h3-4,6-8,11H,2,5,9-10,12H2,1H3,(H,20,21). The zero-order chi connectivity index (χ0) is 14.9. The van der Waals surface area contributed by atoms with Crippen molar-refractivity contribution < 1.29 is 9.90 Å². The van der Waals surface area contributed by atoms with Crippen LogP contribution < -0.4 is 4.90 Å². The highest BCUT2D eigenvalue weighted by atomic mass is 16.4. The molecule has 2 aromatic rings. The molecule has 1 aromatic heterocycles. The summed E-state index contributed by atoms with van der Waals surface area (Å²) in [7, 11) is 0. The topological polar surface area (TPSA) is 53.4 Å². The minimum Gasteiger partial charge on any atom is -0.479 e. The van der Waals surface area contributed by atoms with Gasteiger partial charge in [0.1, 0.15) is 5.54 Å². The van der Waals surface area contributed by atoms with Gasteiger partial charge in [0.15, 0.2) is 0 Å². The zero-order valence-electron chi connectivity index (χ0n) is 12.2. The summed E-state index contributed by atoms with van der Waals surface area (Å²) in [6.45, 7) is 2.84. The number of fused-ring (bicyclic) bond motifs is 1. The summed E-state index contributed by atoms with van der Waals surface area (Å²) in [4.78, 5) is 18.4. The van der Waals surface area contributed by atoms with Gasteiger partial charge in [0.05, 0.1) is 5.52 Å². The van der Waals surface area contributed by atoms with Crippen molar-refractivity contribution in [2.45, 2.75) is 38.1 Å². The number of carboxylic acids is 1. The number of hydrogen-bond acceptors (Lipinski definition) is 3. The Morgan fingerprint density at radius 2 is 2.19 bits per heavy atom. The molecule has 1 saturated heterocycles. The van der Waals surface area contributed by atoms with Crippen LogP contribution in [0.5, 0.6) is 0 Å². The minimum atomic E-state index is -0.765. The van der Waals surface area contributed by atoms with E-state index < -0.39 is 11.5 Å². The van der Waals surface area contributed by atoms with Crippen LogP contribution in [0.3, 0.4) is 0 Å². The smallest absolute Gasteiger partial charge is 0.329 e. The van der Waals surface area contributed by atoms with Gasteiger partial charge in [0, 0.05) is 23.8 Å². The molecule has 0 radical (unpaired) electrons. The van der Waals surface area contributed by atoms with Gasteiger partial charge in [0.2, 0.25) is 0 Å². The molecule has 4 heteroatoms. The third kappa shape index (κ3) is 2.15. The lowest BCUT2D eigenvalue weighted by atomic mass is 9.90. The third-order valence-electron chi connectivity index (χ3n) is 4.47. The summed E-state index contributed by atoms with van der Waals surface area (Å²) in [5, 5.41) is 10.9. The predicted molar refractivity (Wildman–Crippen MR) is 83.6 cm³/mol. The predicted octanol–water partition coefficient (Wildman–Crippen LogP) is 3.46. The highest BCUT2D eigenvalue weighted by molar-refractivity contribution is 5.95. The number of rotatable bonds is 4. The second-order valence-corrected chi connectivity index (χ2v) is 5.69. The monoisotopic (exact) mass is 284 g/mol. The third-order valence-corrected chi connectivity index (χ3v) is 4.47. The Bertz CT molecular complexity index is 665. The van der Waals surface area contributed by atoms with Crippen LogP contribution in [0.2, 0.25) is 0 Å². The maximum absolute atomic E-state index is 12.0. The molecular weight excluding hydrogens is 264 g/mol. The van der Waals surface area contributed by atoms with Crippen molar-refractivity contribution in [1.29, 1.82) is 0 Å². The average Bonchev–Trinajstić information content (AvgIpc) is 2.92. The molecule has 1 aliphatic rings. The van der Waals surface area contributed by atoms with Crippen LogP contribution in [0.25, 0.3) is 10.9 Å². The minimum absolute atomic E-state index is 0.680. The fraction of sp³-hybridized carbons (Fsp3) is 0.412. The molecule has 0 saturated carbocycles. The number of pyridine rings is 1. The Morgan fingerprint density at radius 1 is 1.38 bits per heavy atom. The summed E-state index contributed by atoms with van der Waals surface area (Å²) in [5.41, 5.74) is 1.14. The van der Waals surface area contributed by atoms with Crippen molar-refractivity contribution in [3.05, 3.63) is 36.5 Å². The van der Waals surface area contributed by atoms with Crippen LogP contribution in [0.1, 0.15) is 32.6 Å². The lowest BCUT2D eigenvalue weighted by Gasteiger charge is -2.37. The highest BCUT2D eigenvalue weighted by Crippen LogP contribution is 2.40. The molecule has 0 aliphatic carbocycles. The van der Waals surface area contributed by atoms with E-state index in [1.807, 2.05) is 37.3 Å². The van der Waals surface area contributed by atoms with Crippen LogP contribution in [0.15, 0.2) is 36.5 Å². The zero-order valence-corrected chi connectivity index (χ0v) is 12.2. The summed E-state index contributed by atoms with van der Waals surface area (Å²) < 4.78 is 0. The molecular formula is C17H20N2O2. The van der Waals surface area contributed by atoms with Gasteiger partial charge in [-0.3, -0.25) is 4.98 Å². The molecule has 1 aromatic carbocycles. The van der Waals surface area contributed by atoms with E-state index in [4.69, 9.17) is 0 Å². The molecule has 0 spiro atoms. The molecule has 0 bridgehead atoms. The van der Waals surface area contributed by atoms with E-state index in [2.05, 4.69) is 9.88 Å². The first-order valence-electron chi connectivity index (χ1n) is 7.54. The average molecular weight is 284 g/mol. The molecule has 0 amide bonds. The van der Waals surface area contributed by atoms with Crippen LogP contribution in [-0.4, -0.2) is 28.1 Å². The Balaban J connectivity index is 2.14. The first kappa shape index (κ1) is 13.9. The Labute approximate surface area is 124 Å². The quantitative estimate of drug-likeness (QED) is 0.934. The molecule has 21 heavy (non-hydrogen) atoms. The van der Waals surface area contributed by atoms with Crippen molar-refractivity contribution in [3.63, 3.8) is 0 Å². The highest BCUT2D eigenvalue weighted by Gasteiger charge is 2.47. The fourth-order valence-electron chi connectivity index (χ4n) is 3.55. The second-order valence-electron chi connectivity index (χ2n) is 5.69. The van der Waals surface area contributed by atoms with Crippen LogP contribution in [0, 0.1) is 0 Å². The van der Waals surface area contributed by atoms with E-state index in [1.165, 1.54) is 0 Å². The second kappa shape index (κ2) is 5.35. The summed E-state index contributed by atoms with van der Waals surface area (Å²) in [6, 6.07) is 9.87. The number of nitrogens with zero attached hydrogens (tertiary/aromatic N) is 2. The number of hydrogen-bond donors (Lipinski definition) is 1. The van der Waals surface area contributed by atoms with Gasteiger partial charge in [-0.05, 0) is 31.4 Å². The van der Waals surface area contributed by atoms with E-state index >= 15 is 0 Å². The van der Waals surface area contributed by atoms with Crippen LogP contribution in [0.4, 0.5) is 5.69 Å². The van der Waals surface area contributed by atoms with Crippen LogP contribution >= 0.6 is 0 Å². The molecule has 2 heterocycles. The maximum Gasteiger partial charge on any atom is 0.329 e. The van der Waals surface area contributed by atoms with Gasteiger partial charge in [-0.25, -0.2) is 4.79 Å². The SMILES string of the molecule is CCCC1(C(=O)O)CCCN1c1ccnc2ccccc12. The summed E-state index contributed by atoms with van der Waals surface area (Å²) in [5.74, 6) is -0.706. The Hall–Kier alpha value is -2.10. The van der Waals surface area contributed by atoms with Gasteiger partial charge in [-0.1, -0.05) is 31.5 Å². The van der Waals surface area contributed by atoms with Crippen molar-refractivity contribution in [2.75, 3.05) is 11.4 Å².